The number of hydrogen-bond donors (Lipinski definition) is 0. The first-order valence-electron chi connectivity index (χ1n) is 9.74. The summed E-state index contributed by atoms with van der Waals surface area (Å²) >= 11 is 0. The van der Waals surface area contributed by atoms with Crippen LogP contribution in [0.4, 0.5) is 6.01 Å². The van der Waals surface area contributed by atoms with Crippen molar-refractivity contribution >= 4 is 25.4 Å². The third kappa shape index (κ3) is 3.97. The molecule has 0 saturated carbocycles. The van der Waals surface area contributed by atoms with E-state index in [2.05, 4.69) is 74.3 Å². The van der Waals surface area contributed by atoms with E-state index in [-0.39, 0.29) is 17.3 Å². The topological polar surface area (TPSA) is 62.3 Å². The quantitative estimate of drug-likeness (QED) is 0.614. The molecule has 0 bridgehead atoms. The van der Waals surface area contributed by atoms with Gasteiger partial charge in [0.25, 0.3) is 9.04 Å². The third-order valence-corrected chi connectivity index (χ3v) is 7.51. The Labute approximate surface area is 173 Å². The lowest BCUT2D eigenvalue weighted by molar-refractivity contribution is 0.000416. The van der Waals surface area contributed by atoms with Crippen molar-refractivity contribution < 1.29 is 8.84 Å². The molecule has 0 spiro atoms. The van der Waals surface area contributed by atoms with Gasteiger partial charge in [0, 0.05) is 12.5 Å². The zero-order valence-corrected chi connectivity index (χ0v) is 17.9. The predicted molar refractivity (Wildman–Crippen MR) is 114 cm³/mol. The summed E-state index contributed by atoms with van der Waals surface area (Å²) in [4.78, 5) is 6.33. The lowest BCUT2D eigenvalue weighted by atomic mass is 9.74. The largest absolute Gasteiger partial charge is 0.431 e. The van der Waals surface area contributed by atoms with E-state index in [1.54, 1.807) is 0 Å². The number of rotatable bonds is 5. The zero-order chi connectivity index (χ0) is 20.4. The number of hydrogen-bond acceptors (Lipinski definition) is 5. The van der Waals surface area contributed by atoms with Crippen molar-refractivity contribution in [3.63, 3.8) is 0 Å². The smallest absolute Gasteiger partial charge is 0.300 e. The highest BCUT2D eigenvalue weighted by molar-refractivity contribution is 6.80. The molecule has 5 nitrogen and oxygen atoms in total. The molecule has 1 fully saturated rings. The molecule has 1 aliphatic rings. The molecule has 29 heavy (non-hydrogen) atoms. The molecule has 4 rings (SSSR count). The van der Waals surface area contributed by atoms with E-state index in [0.717, 1.165) is 6.54 Å². The van der Waals surface area contributed by atoms with Crippen LogP contribution in [0.2, 0.25) is 0 Å². The number of anilines is 1. The van der Waals surface area contributed by atoms with E-state index in [1.165, 1.54) is 16.6 Å². The van der Waals surface area contributed by atoms with Crippen LogP contribution in [0.5, 0.6) is 0 Å². The minimum atomic E-state index is -1.47. The fourth-order valence-electron chi connectivity index (χ4n) is 3.57. The van der Waals surface area contributed by atoms with Gasteiger partial charge in [-0.05, 0) is 15.8 Å². The van der Waals surface area contributed by atoms with Crippen LogP contribution in [0, 0.1) is 22.7 Å². The van der Waals surface area contributed by atoms with Gasteiger partial charge in [0.2, 0.25) is 0 Å². The Balaban J connectivity index is 1.68. The van der Waals surface area contributed by atoms with Gasteiger partial charge in [0.1, 0.15) is 18.6 Å². The first-order valence-corrected chi connectivity index (χ1v) is 11.1. The van der Waals surface area contributed by atoms with Crippen LogP contribution in [0.3, 0.4) is 0 Å². The van der Waals surface area contributed by atoms with Crippen molar-refractivity contribution in [2.24, 2.45) is 11.3 Å². The van der Waals surface area contributed by atoms with Gasteiger partial charge in [-0.15, -0.1) is 0 Å². The highest BCUT2D eigenvalue weighted by Gasteiger charge is 2.49. The summed E-state index contributed by atoms with van der Waals surface area (Å²) in [6.07, 6.45) is 1.24. The van der Waals surface area contributed by atoms with Crippen molar-refractivity contribution in [3.05, 3.63) is 72.6 Å². The summed E-state index contributed by atoms with van der Waals surface area (Å²) in [6, 6.07) is 23.3. The van der Waals surface area contributed by atoms with Crippen LogP contribution in [0.1, 0.15) is 26.5 Å². The van der Waals surface area contributed by atoms with E-state index in [4.69, 9.17) is 14.1 Å². The number of aromatic nitrogens is 1. The van der Waals surface area contributed by atoms with Crippen molar-refractivity contribution in [2.75, 3.05) is 11.4 Å². The molecule has 0 amide bonds. The van der Waals surface area contributed by atoms with Crippen molar-refractivity contribution in [3.8, 4) is 6.07 Å². The highest BCUT2D eigenvalue weighted by atomic mass is 28.3. The Morgan fingerprint density at radius 3 is 2.14 bits per heavy atom. The van der Waals surface area contributed by atoms with Gasteiger partial charge in [0.15, 0.2) is 5.69 Å². The molecule has 0 N–H and O–H groups in total. The van der Waals surface area contributed by atoms with E-state index in [9.17, 15) is 0 Å². The van der Waals surface area contributed by atoms with E-state index < -0.39 is 9.04 Å². The maximum Gasteiger partial charge on any atom is 0.300 e. The van der Waals surface area contributed by atoms with Gasteiger partial charge < -0.3 is 13.7 Å². The first kappa shape index (κ1) is 19.4. The maximum absolute atomic E-state index is 9.10. The zero-order valence-electron chi connectivity index (χ0n) is 16.9. The van der Waals surface area contributed by atoms with Crippen LogP contribution >= 0.6 is 0 Å². The van der Waals surface area contributed by atoms with E-state index >= 15 is 0 Å². The van der Waals surface area contributed by atoms with Gasteiger partial charge in [-0.25, -0.2) is 0 Å². The van der Waals surface area contributed by atoms with Gasteiger partial charge in [0.05, 0.1) is 0 Å². The second kappa shape index (κ2) is 7.86. The third-order valence-electron chi connectivity index (χ3n) is 5.32. The standard InChI is InChI=1S/C23H24N3O2Si/c1-23(2,3)20-15-26(22-25-17(14-24)16-27-22)21(20)28-29(18-10-6-4-7-11-18)19-12-8-5-9-13-19/h4-13,16,20-21H,15H2,1-3H3. The highest BCUT2D eigenvalue weighted by Crippen LogP contribution is 2.42. The Hall–Kier alpha value is -2.88. The fourth-order valence-corrected chi connectivity index (χ4v) is 5.70. The second-order valence-electron chi connectivity index (χ2n) is 8.32. The predicted octanol–water partition coefficient (Wildman–Crippen LogP) is 3.18. The molecule has 1 aromatic heterocycles. The average Bonchev–Trinajstić information content (AvgIpc) is 3.16. The first-order chi connectivity index (χ1) is 14.0. The van der Waals surface area contributed by atoms with Crippen LogP contribution < -0.4 is 15.3 Å². The van der Waals surface area contributed by atoms with Gasteiger partial charge >= 0.3 is 6.01 Å². The molecule has 1 aliphatic heterocycles. The molecular formula is C23H24N3O2Si. The number of nitriles is 1. The van der Waals surface area contributed by atoms with E-state index in [0.29, 0.717) is 11.9 Å². The molecule has 1 radical (unpaired) electrons. The monoisotopic (exact) mass is 402 g/mol. The normalized spacial score (nSPS) is 19.1. The minimum Gasteiger partial charge on any atom is -0.431 e. The van der Waals surface area contributed by atoms with Crippen molar-refractivity contribution in [1.82, 2.24) is 4.98 Å². The summed E-state index contributed by atoms with van der Waals surface area (Å²) in [5, 5.41) is 11.5. The molecule has 6 heteroatoms. The van der Waals surface area contributed by atoms with E-state index in [1.807, 2.05) is 23.1 Å². The summed E-state index contributed by atoms with van der Waals surface area (Å²) in [7, 11) is -1.47. The summed E-state index contributed by atoms with van der Waals surface area (Å²) in [5.41, 5.74) is 0.362. The van der Waals surface area contributed by atoms with Crippen molar-refractivity contribution in [1.29, 1.82) is 5.26 Å². The molecule has 2 atom stereocenters. The summed E-state index contributed by atoms with van der Waals surface area (Å²) in [5.74, 6) is 0.326. The lowest BCUT2D eigenvalue weighted by Gasteiger charge is -2.53. The lowest BCUT2D eigenvalue weighted by Crippen LogP contribution is -2.65. The number of nitrogens with zero attached hydrogens (tertiary/aromatic N) is 3. The molecule has 0 aliphatic carbocycles. The van der Waals surface area contributed by atoms with Crippen LogP contribution in [-0.2, 0) is 4.43 Å². The average molecular weight is 403 g/mol. The molecule has 2 unspecified atom stereocenters. The number of oxazole rings is 1. The Morgan fingerprint density at radius 2 is 1.66 bits per heavy atom. The summed E-state index contributed by atoms with van der Waals surface area (Å²) < 4.78 is 12.4. The maximum atomic E-state index is 9.10. The Kier molecular flexibility index (Phi) is 5.27. The van der Waals surface area contributed by atoms with Gasteiger partial charge in [-0.2, -0.15) is 10.2 Å². The van der Waals surface area contributed by atoms with Crippen molar-refractivity contribution in [2.45, 2.75) is 27.0 Å². The molecule has 147 valence electrons. The Bertz CT molecular complexity index is 953. The molecular weight excluding hydrogens is 378 g/mol. The second-order valence-corrected chi connectivity index (χ2v) is 10.4. The molecule has 3 aromatic rings. The Morgan fingerprint density at radius 1 is 1.07 bits per heavy atom. The van der Waals surface area contributed by atoms with Crippen LogP contribution in [0.25, 0.3) is 0 Å². The molecule has 2 heterocycles. The minimum absolute atomic E-state index is 0.0756. The fraction of sp³-hybridized carbons (Fsp3) is 0.304. The van der Waals surface area contributed by atoms with Crippen LogP contribution in [-0.4, -0.2) is 26.8 Å². The molecule has 2 aromatic carbocycles. The molecule has 1 saturated heterocycles. The summed E-state index contributed by atoms with van der Waals surface area (Å²) in [6.45, 7) is 7.50. The number of benzene rings is 2. The van der Waals surface area contributed by atoms with Gasteiger partial charge in [-0.3, -0.25) is 0 Å². The SMILES string of the molecule is CC(C)(C)C1CN(c2nc(C#N)co2)C1O[Si](c1ccccc1)c1ccccc1. The van der Waals surface area contributed by atoms with Crippen LogP contribution in [0.15, 0.2) is 71.3 Å². The van der Waals surface area contributed by atoms with Gasteiger partial charge in [-0.1, -0.05) is 81.4 Å².